The molecule has 2 aromatic rings. The number of nitrogens with two attached hydrogens (primary N) is 1. The highest BCUT2D eigenvalue weighted by atomic mass is 19.1. The quantitative estimate of drug-likeness (QED) is 0.851. The second-order valence-corrected chi connectivity index (χ2v) is 3.76. The number of aromatic nitrogens is 2. The van der Waals surface area contributed by atoms with Crippen molar-refractivity contribution in [3.63, 3.8) is 0 Å². The van der Waals surface area contributed by atoms with Crippen molar-refractivity contribution in [1.82, 2.24) is 9.78 Å². The minimum Gasteiger partial charge on any atom is -0.365 e. The first-order valence-corrected chi connectivity index (χ1v) is 5.16. The smallest absolute Gasteiger partial charge is 0.284 e. The molecule has 0 unspecified atom stereocenters. The Balaban J connectivity index is 2.68. The van der Waals surface area contributed by atoms with Crippen molar-refractivity contribution in [2.45, 2.75) is 6.92 Å². The van der Waals surface area contributed by atoms with Gasteiger partial charge in [-0.05, 0) is 37.3 Å². The van der Waals surface area contributed by atoms with Crippen molar-refractivity contribution in [3.05, 3.63) is 57.8 Å². The largest absolute Gasteiger partial charge is 0.365 e. The van der Waals surface area contributed by atoms with Crippen LogP contribution in [0.2, 0.25) is 0 Å². The summed E-state index contributed by atoms with van der Waals surface area (Å²) < 4.78 is 13.8. The van der Waals surface area contributed by atoms with Gasteiger partial charge in [0.25, 0.3) is 11.5 Å². The fourth-order valence-electron chi connectivity index (χ4n) is 1.55. The zero-order valence-corrected chi connectivity index (χ0v) is 9.55. The molecule has 1 amide bonds. The van der Waals surface area contributed by atoms with Crippen LogP contribution in [-0.4, -0.2) is 15.7 Å². The second kappa shape index (κ2) is 4.40. The molecule has 5 nitrogen and oxygen atoms in total. The Hall–Kier alpha value is -2.50. The van der Waals surface area contributed by atoms with Gasteiger partial charge in [0.05, 0.1) is 11.4 Å². The number of halogens is 1. The van der Waals surface area contributed by atoms with Crippen molar-refractivity contribution >= 4 is 5.91 Å². The predicted molar refractivity (Wildman–Crippen MR) is 63.0 cm³/mol. The molecular weight excluding hydrogens is 237 g/mol. The van der Waals surface area contributed by atoms with Crippen LogP contribution in [0.15, 0.2) is 35.1 Å². The molecule has 1 heterocycles. The molecule has 0 aliphatic carbocycles. The van der Waals surface area contributed by atoms with E-state index in [0.29, 0.717) is 11.4 Å². The summed E-state index contributed by atoms with van der Waals surface area (Å²) in [5.74, 6) is -1.24. The van der Waals surface area contributed by atoms with Crippen molar-refractivity contribution in [2.24, 2.45) is 5.73 Å². The van der Waals surface area contributed by atoms with Gasteiger partial charge in [0.2, 0.25) is 0 Å². The molecule has 18 heavy (non-hydrogen) atoms. The van der Waals surface area contributed by atoms with E-state index < -0.39 is 17.3 Å². The van der Waals surface area contributed by atoms with Crippen LogP contribution in [-0.2, 0) is 0 Å². The Morgan fingerprint density at radius 2 is 1.94 bits per heavy atom. The number of amides is 1. The Morgan fingerprint density at radius 1 is 1.33 bits per heavy atom. The zero-order chi connectivity index (χ0) is 13.3. The van der Waals surface area contributed by atoms with Gasteiger partial charge in [-0.1, -0.05) is 0 Å². The van der Waals surface area contributed by atoms with Crippen LogP contribution < -0.4 is 11.3 Å². The predicted octanol–water partition coefficient (Wildman–Crippen LogP) is 0.779. The molecule has 2 N–H and O–H groups in total. The molecule has 1 aromatic heterocycles. The molecular formula is C12H10FN3O2. The number of aryl methyl sites for hydroxylation is 1. The van der Waals surface area contributed by atoms with Crippen molar-refractivity contribution < 1.29 is 9.18 Å². The summed E-state index contributed by atoms with van der Waals surface area (Å²) in [5, 5.41) is 3.99. The van der Waals surface area contributed by atoms with Crippen molar-refractivity contribution in [2.75, 3.05) is 0 Å². The monoisotopic (exact) mass is 247 g/mol. The number of hydrogen-bond donors (Lipinski definition) is 1. The van der Waals surface area contributed by atoms with Crippen molar-refractivity contribution in [1.29, 1.82) is 0 Å². The van der Waals surface area contributed by atoms with E-state index in [1.807, 2.05) is 0 Å². The highest BCUT2D eigenvalue weighted by molar-refractivity contribution is 5.92. The summed E-state index contributed by atoms with van der Waals surface area (Å²) in [6.07, 6.45) is 0. The highest BCUT2D eigenvalue weighted by Gasteiger charge is 2.12. The minimum absolute atomic E-state index is 0.146. The fourth-order valence-corrected chi connectivity index (χ4v) is 1.55. The number of hydrogen-bond acceptors (Lipinski definition) is 3. The molecule has 0 saturated heterocycles. The topological polar surface area (TPSA) is 78.0 Å². The Bertz CT molecular complexity index is 662. The van der Waals surface area contributed by atoms with E-state index in [1.54, 1.807) is 6.92 Å². The Morgan fingerprint density at radius 3 is 2.50 bits per heavy atom. The first-order chi connectivity index (χ1) is 8.49. The standard InChI is InChI=1S/C12H10FN3O2/c1-7-6-10(11(14)17)12(18)16(15-7)9-4-2-8(13)3-5-9/h2-6H,1H3,(H2,14,17). The van der Waals surface area contributed by atoms with E-state index in [0.717, 1.165) is 4.68 Å². The van der Waals surface area contributed by atoms with Gasteiger partial charge in [0.15, 0.2) is 0 Å². The molecule has 1 aromatic carbocycles. The molecule has 92 valence electrons. The minimum atomic E-state index is -0.818. The number of rotatable bonds is 2. The van der Waals surface area contributed by atoms with Gasteiger partial charge in [-0.2, -0.15) is 9.78 Å². The summed E-state index contributed by atoms with van der Waals surface area (Å²) in [6.45, 7) is 1.63. The maximum atomic E-state index is 12.8. The summed E-state index contributed by atoms with van der Waals surface area (Å²) in [6, 6.07) is 6.53. The molecule has 0 aliphatic rings. The molecule has 0 radical (unpaired) electrons. The Kier molecular flexibility index (Phi) is 2.93. The lowest BCUT2D eigenvalue weighted by Gasteiger charge is -2.07. The van der Waals surface area contributed by atoms with Gasteiger partial charge in [-0.3, -0.25) is 9.59 Å². The van der Waals surface area contributed by atoms with Crippen LogP contribution >= 0.6 is 0 Å². The number of nitrogens with zero attached hydrogens (tertiary/aromatic N) is 2. The average Bonchev–Trinajstić information content (AvgIpc) is 2.32. The molecule has 6 heteroatoms. The zero-order valence-electron chi connectivity index (χ0n) is 9.55. The maximum absolute atomic E-state index is 12.8. The normalized spacial score (nSPS) is 10.3. The van der Waals surface area contributed by atoms with E-state index in [-0.39, 0.29) is 5.56 Å². The third-order valence-electron chi connectivity index (χ3n) is 2.37. The molecule has 0 spiro atoms. The van der Waals surface area contributed by atoms with Gasteiger partial charge in [-0.15, -0.1) is 0 Å². The second-order valence-electron chi connectivity index (χ2n) is 3.76. The molecule has 2 rings (SSSR count). The summed E-state index contributed by atoms with van der Waals surface area (Å²) in [4.78, 5) is 23.1. The van der Waals surface area contributed by atoms with Crippen LogP contribution in [0.4, 0.5) is 4.39 Å². The van der Waals surface area contributed by atoms with Crippen LogP contribution in [0.3, 0.4) is 0 Å². The van der Waals surface area contributed by atoms with Gasteiger partial charge in [0, 0.05) is 0 Å². The third-order valence-corrected chi connectivity index (χ3v) is 2.37. The lowest BCUT2D eigenvalue weighted by Crippen LogP contribution is -2.30. The van der Waals surface area contributed by atoms with Gasteiger partial charge >= 0.3 is 0 Å². The summed E-state index contributed by atoms with van der Waals surface area (Å²) in [5.41, 5.74) is 5.18. The first-order valence-electron chi connectivity index (χ1n) is 5.16. The SMILES string of the molecule is Cc1cc(C(N)=O)c(=O)n(-c2ccc(F)cc2)n1. The first kappa shape index (κ1) is 12.0. The van der Waals surface area contributed by atoms with Gasteiger partial charge in [0.1, 0.15) is 11.4 Å². The van der Waals surface area contributed by atoms with Crippen LogP contribution in [0.25, 0.3) is 5.69 Å². The number of benzene rings is 1. The summed E-state index contributed by atoms with van der Waals surface area (Å²) in [7, 11) is 0. The lowest BCUT2D eigenvalue weighted by atomic mass is 10.2. The van der Waals surface area contributed by atoms with Gasteiger partial charge in [-0.25, -0.2) is 4.39 Å². The lowest BCUT2D eigenvalue weighted by molar-refractivity contribution is 0.0998. The fraction of sp³-hybridized carbons (Fsp3) is 0.0833. The van der Waals surface area contributed by atoms with Crippen molar-refractivity contribution in [3.8, 4) is 5.69 Å². The van der Waals surface area contributed by atoms with E-state index in [2.05, 4.69) is 5.10 Å². The van der Waals surface area contributed by atoms with Gasteiger partial charge < -0.3 is 5.73 Å². The third kappa shape index (κ3) is 2.13. The number of primary amides is 1. The molecule has 0 bridgehead atoms. The van der Waals surface area contributed by atoms with E-state index >= 15 is 0 Å². The number of carbonyl (C=O) groups is 1. The average molecular weight is 247 g/mol. The van der Waals surface area contributed by atoms with Crippen LogP contribution in [0.5, 0.6) is 0 Å². The molecule has 0 atom stereocenters. The Labute approximate surface area is 102 Å². The van der Waals surface area contributed by atoms with Crippen LogP contribution in [0.1, 0.15) is 16.1 Å². The molecule has 0 saturated carbocycles. The van der Waals surface area contributed by atoms with E-state index in [9.17, 15) is 14.0 Å². The van der Waals surface area contributed by atoms with E-state index in [4.69, 9.17) is 5.73 Å². The summed E-state index contributed by atoms with van der Waals surface area (Å²) >= 11 is 0. The molecule has 0 fully saturated rings. The maximum Gasteiger partial charge on any atom is 0.284 e. The molecule has 0 aliphatic heterocycles. The number of carbonyl (C=O) groups excluding carboxylic acids is 1. The highest BCUT2D eigenvalue weighted by Crippen LogP contribution is 2.06. The van der Waals surface area contributed by atoms with Crippen LogP contribution in [0, 0.1) is 12.7 Å². The van der Waals surface area contributed by atoms with E-state index in [1.165, 1.54) is 30.3 Å².